The van der Waals surface area contributed by atoms with Crippen LogP contribution in [0.3, 0.4) is 0 Å². The largest absolute Gasteiger partial charge is 0.418 e. The average molecular weight is 271 g/mol. The third-order valence-electron chi connectivity index (χ3n) is 2.70. The van der Waals surface area contributed by atoms with Crippen molar-refractivity contribution in [1.29, 1.82) is 0 Å². The Hall–Kier alpha value is -1.89. The molecule has 0 saturated heterocycles. The molecule has 7 heteroatoms. The van der Waals surface area contributed by atoms with E-state index in [0.717, 1.165) is 10.7 Å². The van der Waals surface area contributed by atoms with Gasteiger partial charge in [-0.25, -0.2) is 4.68 Å². The maximum absolute atomic E-state index is 12.9. The zero-order chi connectivity index (χ0) is 14.0. The lowest BCUT2D eigenvalue weighted by Gasteiger charge is -2.11. The highest BCUT2D eigenvalue weighted by Gasteiger charge is 2.34. The van der Waals surface area contributed by atoms with E-state index in [1.807, 2.05) is 0 Å². The van der Waals surface area contributed by atoms with Crippen LogP contribution in [0, 0.1) is 0 Å². The summed E-state index contributed by atoms with van der Waals surface area (Å²) in [5, 5.41) is 16.9. The van der Waals surface area contributed by atoms with Crippen LogP contribution in [0.5, 0.6) is 0 Å². The molecular formula is C12H12F3N3O. The van der Waals surface area contributed by atoms with Crippen LogP contribution in [0.15, 0.2) is 30.5 Å². The summed E-state index contributed by atoms with van der Waals surface area (Å²) in [5.74, 6) is 0. The summed E-state index contributed by atoms with van der Waals surface area (Å²) in [7, 11) is 0. The molecule has 4 nitrogen and oxygen atoms in total. The van der Waals surface area contributed by atoms with Gasteiger partial charge in [-0.3, -0.25) is 0 Å². The zero-order valence-corrected chi connectivity index (χ0v) is 10.1. The Bertz CT molecular complexity index is 565. The van der Waals surface area contributed by atoms with Gasteiger partial charge in [-0.2, -0.15) is 13.2 Å². The van der Waals surface area contributed by atoms with Crippen molar-refractivity contribution in [3.63, 3.8) is 0 Å². The minimum absolute atomic E-state index is 0.114. The van der Waals surface area contributed by atoms with Crippen molar-refractivity contribution in [2.24, 2.45) is 0 Å². The van der Waals surface area contributed by atoms with Gasteiger partial charge in [0, 0.05) is 0 Å². The van der Waals surface area contributed by atoms with Crippen LogP contribution in [-0.4, -0.2) is 20.1 Å². The molecule has 1 heterocycles. The summed E-state index contributed by atoms with van der Waals surface area (Å²) < 4.78 is 39.6. The maximum atomic E-state index is 12.9. The van der Waals surface area contributed by atoms with Crippen LogP contribution in [0.1, 0.15) is 30.7 Å². The molecule has 1 N–H and O–H groups in total. The molecular weight excluding hydrogens is 259 g/mol. The standard InChI is InChI=1S/C12H12F3N3O/c1-2-11(19)9-7-18(17-16-9)10-6-4-3-5-8(10)12(13,14)15/h3-7,11,19H,2H2,1H3. The lowest BCUT2D eigenvalue weighted by molar-refractivity contribution is -0.137. The molecule has 0 spiro atoms. The Labute approximate surface area is 107 Å². The molecule has 0 aliphatic carbocycles. The summed E-state index contributed by atoms with van der Waals surface area (Å²) in [5.41, 5.74) is -0.658. The van der Waals surface area contributed by atoms with E-state index in [9.17, 15) is 18.3 Å². The van der Waals surface area contributed by atoms with Crippen LogP contribution < -0.4 is 0 Å². The number of rotatable bonds is 3. The molecule has 0 aliphatic heterocycles. The zero-order valence-electron chi connectivity index (χ0n) is 10.1. The molecule has 1 aromatic heterocycles. The number of hydrogen-bond donors (Lipinski definition) is 1. The van der Waals surface area contributed by atoms with Crippen molar-refractivity contribution in [3.8, 4) is 5.69 Å². The normalized spacial score (nSPS) is 13.5. The number of aliphatic hydroxyl groups is 1. The van der Waals surface area contributed by atoms with E-state index in [1.54, 1.807) is 6.92 Å². The predicted octanol–water partition coefficient (Wildman–Crippen LogP) is 2.73. The molecule has 0 saturated carbocycles. The van der Waals surface area contributed by atoms with Crippen LogP contribution in [0.2, 0.25) is 0 Å². The SMILES string of the molecule is CCC(O)c1cn(-c2ccccc2C(F)(F)F)nn1. The number of para-hydroxylation sites is 1. The second-order valence-corrected chi connectivity index (χ2v) is 4.03. The minimum Gasteiger partial charge on any atom is -0.387 e. The molecule has 0 amide bonds. The number of aromatic nitrogens is 3. The summed E-state index contributed by atoms with van der Waals surface area (Å²) in [6.07, 6.45) is -3.57. The number of benzene rings is 1. The third kappa shape index (κ3) is 2.76. The predicted molar refractivity (Wildman–Crippen MR) is 61.6 cm³/mol. The Kier molecular flexibility index (Phi) is 3.57. The van der Waals surface area contributed by atoms with Crippen molar-refractivity contribution < 1.29 is 18.3 Å². The molecule has 0 radical (unpaired) electrons. The monoisotopic (exact) mass is 271 g/mol. The van der Waals surface area contributed by atoms with E-state index >= 15 is 0 Å². The van der Waals surface area contributed by atoms with Crippen molar-refractivity contribution in [3.05, 3.63) is 41.7 Å². The van der Waals surface area contributed by atoms with E-state index in [4.69, 9.17) is 0 Å². The number of aliphatic hydroxyl groups excluding tert-OH is 1. The van der Waals surface area contributed by atoms with Crippen molar-refractivity contribution in [2.75, 3.05) is 0 Å². The lowest BCUT2D eigenvalue weighted by atomic mass is 10.1. The van der Waals surface area contributed by atoms with Crippen LogP contribution >= 0.6 is 0 Å². The van der Waals surface area contributed by atoms with Crippen LogP contribution in [0.4, 0.5) is 13.2 Å². The first-order valence-corrected chi connectivity index (χ1v) is 5.70. The van der Waals surface area contributed by atoms with Gasteiger partial charge in [-0.05, 0) is 18.6 Å². The number of nitrogens with zero attached hydrogens (tertiary/aromatic N) is 3. The van der Waals surface area contributed by atoms with E-state index in [1.165, 1.54) is 24.4 Å². The lowest BCUT2D eigenvalue weighted by Crippen LogP contribution is -2.11. The van der Waals surface area contributed by atoms with E-state index in [0.29, 0.717) is 6.42 Å². The smallest absolute Gasteiger partial charge is 0.387 e. The molecule has 0 aliphatic rings. The first kappa shape index (κ1) is 13.5. The molecule has 1 atom stereocenters. The van der Waals surface area contributed by atoms with Gasteiger partial charge < -0.3 is 5.11 Å². The summed E-state index contributed by atoms with van der Waals surface area (Å²) in [4.78, 5) is 0. The first-order chi connectivity index (χ1) is 8.93. The van der Waals surface area contributed by atoms with Crippen LogP contribution in [-0.2, 0) is 6.18 Å². The van der Waals surface area contributed by atoms with Gasteiger partial charge in [0.2, 0.25) is 0 Å². The Morgan fingerprint density at radius 3 is 2.63 bits per heavy atom. The Morgan fingerprint density at radius 2 is 2.00 bits per heavy atom. The quantitative estimate of drug-likeness (QED) is 0.933. The van der Waals surface area contributed by atoms with Gasteiger partial charge in [0.1, 0.15) is 5.69 Å². The van der Waals surface area contributed by atoms with Crippen molar-refractivity contribution >= 4 is 0 Å². The Balaban J connectivity index is 2.45. The third-order valence-corrected chi connectivity index (χ3v) is 2.70. The number of alkyl halides is 3. The number of hydrogen-bond acceptors (Lipinski definition) is 3. The van der Waals surface area contributed by atoms with Crippen molar-refractivity contribution in [2.45, 2.75) is 25.6 Å². The molecule has 1 aromatic carbocycles. The highest BCUT2D eigenvalue weighted by Crippen LogP contribution is 2.33. The van der Waals surface area contributed by atoms with Gasteiger partial charge in [0.05, 0.1) is 23.6 Å². The Morgan fingerprint density at radius 1 is 1.32 bits per heavy atom. The molecule has 2 rings (SSSR count). The first-order valence-electron chi connectivity index (χ1n) is 5.70. The minimum atomic E-state index is -4.47. The van der Waals surface area contributed by atoms with Gasteiger partial charge in [0.15, 0.2) is 0 Å². The fraction of sp³-hybridized carbons (Fsp3) is 0.333. The fourth-order valence-electron chi connectivity index (χ4n) is 1.67. The van der Waals surface area contributed by atoms with E-state index < -0.39 is 17.8 Å². The summed E-state index contributed by atoms with van der Waals surface area (Å²) >= 11 is 0. The second-order valence-electron chi connectivity index (χ2n) is 4.03. The highest BCUT2D eigenvalue weighted by atomic mass is 19.4. The fourth-order valence-corrected chi connectivity index (χ4v) is 1.67. The topological polar surface area (TPSA) is 50.9 Å². The number of halogens is 3. The molecule has 0 fully saturated rings. The summed E-state index contributed by atoms with van der Waals surface area (Å²) in [6, 6.07) is 5.08. The van der Waals surface area contributed by atoms with Crippen LogP contribution in [0.25, 0.3) is 5.69 Å². The molecule has 0 bridgehead atoms. The van der Waals surface area contributed by atoms with Gasteiger partial charge in [0.25, 0.3) is 0 Å². The van der Waals surface area contributed by atoms with Crippen molar-refractivity contribution in [1.82, 2.24) is 15.0 Å². The highest BCUT2D eigenvalue weighted by molar-refractivity contribution is 5.42. The van der Waals surface area contributed by atoms with E-state index in [-0.39, 0.29) is 11.4 Å². The maximum Gasteiger partial charge on any atom is 0.418 e. The molecule has 2 aromatic rings. The molecule has 1 unspecified atom stereocenters. The second kappa shape index (κ2) is 5.00. The van der Waals surface area contributed by atoms with Gasteiger partial charge in [-0.1, -0.05) is 24.3 Å². The molecule has 19 heavy (non-hydrogen) atoms. The van der Waals surface area contributed by atoms with Gasteiger partial charge in [-0.15, -0.1) is 5.10 Å². The van der Waals surface area contributed by atoms with E-state index in [2.05, 4.69) is 10.3 Å². The summed E-state index contributed by atoms with van der Waals surface area (Å²) in [6.45, 7) is 1.74. The average Bonchev–Trinajstić information content (AvgIpc) is 2.86. The van der Waals surface area contributed by atoms with Gasteiger partial charge >= 0.3 is 6.18 Å². The molecule has 102 valence electrons.